The molecule has 0 N–H and O–H groups in total. The molecule has 0 aliphatic rings. The Morgan fingerprint density at radius 3 is 2.69 bits per heavy atom. The van der Waals surface area contributed by atoms with E-state index in [1.54, 1.807) is 6.07 Å². The molecule has 1 rings (SSSR count). The van der Waals surface area contributed by atoms with Crippen LogP contribution in [0.4, 0.5) is 8.78 Å². The van der Waals surface area contributed by atoms with Crippen molar-refractivity contribution in [1.82, 2.24) is 0 Å². The van der Waals surface area contributed by atoms with E-state index in [1.165, 1.54) is 6.07 Å². The van der Waals surface area contributed by atoms with Crippen LogP contribution < -0.4 is 4.74 Å². The van der Waals surface area contributed by atoms with Crippen LogP contribution in [0.5, 0.6) is 5.75 Å². The Labute approximate surface area is 84.3 Å². The third-order valence-electron chi connectivity index (χ3n) is 1.48. The number of ether oxygens (including phenoxy) is 1. The summed E-state index contributed by atoms with van der Waals surface area (Å²) in [7, 11) is 1.10. The van der Waals surface area contributed by atoms with Gasteiger partial charge in [-0.25, -0.2) is 0 Å². The maximum absolute atomic E-state index is 11.9. The molecule has 0 amide bonds. The zero-order valence-corrected chi connectivity index (χ0v) is 8.54. The third-order valence-corrected chi connectivity index (χ3v) is 2.74. The van der Waals surface area contributed by atoms with Gasteiger partial charge in [-0.05, 0) is 18.6 Å². The van der Waals surface area contributed by atoms with Gasteiger partial charge in [0.05, 0.1) is 4.90 Å². The molecule has 1 aromatic rings. The first-order chi connectivity index (χ1) is 6.15. The van der Waals surface area contributed by atoms with E-state index in [9.17, 15) is 8.78 Å². The molecule has 0 radical (unpaired) electrons. The molecule has 0 heterocycles. The summed E-state index contributed by atoms with van der Waals surface area (Å²) in [4.78, 5) is 0.631. The summed E-state index contributed by atoms with van der Waals surface area (Å²) < 4.78 is 28.1. The third kappa shape index (κ3) is 2.77. The van der Waals surface area contributed by atoms with Gasteiger partial charge in [-0.2, -0.15) is 8.78 Å². The van der Waals surface area contributed by atoms with Crippen LogP contribution in [0.2, 0.25) is 0 Å². The van der Waals surface area contributed by atoms with Crippen LogP contribution in [0.15, 0.2) is 23.1 Å². The van der Waals surface area contributed by atoms with E-state index in [-0.39, 0.29) is 5.75 Å². The maximum Gasteiger partial charge on any atom is 0.387 e. The Balaban J connectivity index is 2.98. The number of alkyl halides is 2. The fourth-order valence-electron chi connectivity index (χ4n) is 0.931. The van der Waals surface area contributed by atoms with Gasteiger partial charge >= 0.3 is 6.61 Å². The standard InChI is InChI=1S/C8H8F2OS2/c1-5-3-2-4-6(7(5)13-12)11-8(9)10/h2-4,8,12H,1H3. The van der Waals surface area contributed by atoms with Gasteiger partial charge < -0.3 is 4.74 Å². The summed E-state index contributed by atoms with van der Waals surface area (Å²) in [6.45, 7) is -0.974. The van der Waals surface area contributed by atoms with Crippen molar-refractivity contribution in [2.45, 2.75) is 18.4 Å². The lowest BCUT2D eigenvalue weighted by Gasteiger charge is -2.09. The van der Waals surface area contributed by atoms with E-state index in [4.69, 9.17) is 0 Å². The molecule has 0 unspecified atom stereocenters. The van der Waals surface area contributed by atoms with Gasteiger partial charge in [-0.1, -0.05) is 22.9 Å². The molecule has 0 saturated heterocycles. The van der Waals surface area contributed by atoms with E-state index >= 15 is 0 Å². The van der Waals surface area contributed by atoms with Crippen molar-refractivity contribution in [3.8, 4) is 5.75 Å². The fraction of sp³-hybridized carbons (Fsp3) is 0.250. The molecule has 13 heavy (non-hydrogen) atoms. The zero-order valence-electron chi connectivity index (χ0n) is 6.83. The second-order valence-corrected chi connectivity index (χ2v) is 3.51. The van der Waals surface area contributed by atoms with Crippen LogP contribution in [0.3, 0.4) is 0 Å². The van der Waals surface area contributed by atoms with Crippen molar-refractivity contribution in [3.05, 3.63) is 23.8 Å². The Bertz CT molecular complexity index is 291. The highest BCUT2D eigenvalue weighted by Gasteiger charge is 2.10. The van der Waals surface area contributed by atoms with E-state index < -0.39 is 6.61 Å². The molecule has 0 aromatic heterocycles. The smallest absolute Gasteiger partial charge is 0.387 e. The predicted octanol–water partition coefficient (Wildman–Crippen LogP) is 3.53. The van der Waals surface area contributed by atoms with Crippen molar-refractivity contribution in [3.63, 3.8) is 0 Å². The fourth-order valence-corrected chi connectivity index (χ4v) is 2.05. The number of aryl methyl sites for hydroxylation is 1. The summed E-state index contributed by atoms with van der Waals surface area (Å²) in [5.74, 6) is 0.176. The van der Waals surface area contributed by atoms with Crippen molar-refractivity contribution in [1.29, 1.82) is 0 Å². The van der Waals surface area contributed by atoms with Gasteiger partial charge in [0.2, 0.25) is 0 Å². The minimum Gasteiger partial charge on any atom is -0.434 e. The van der Waals surface area contributed by atoms with Gasteiger partial charge in [0.1, 0.15) is 5.75 Å². The first-order valence-electron chi connectivity index (χ1n) is 3.51. The molecule has 72 valence electrons. The predicted molar refractivity (Wildman–Crippen MR) is 52.7 cm³/mol. The van der Waals surface area contributed by atoms with E-state index in [2.05, 4.69) is 16.4 Å². The van der Waals surface area contributed by atoms with Crippen LogP contribution in [-0.4, -0.2) is 6.61 Å². The summed E-state index contributed by atoms with van der Waals surface area (Å²) in [5.41, 5.74) is 0.873. The Hall–Kier alpha value is -0.420. The zero-order chi connectivity index (χ0) is 9.84. The van der Waals surface area contributed by atoms with Gasteiger partial charge in [-0.3, -0.25) is 0 Å². The minimum atomic E-state index is -2.79. The topological polar surface area (TPSA) is 9.23 Å². The lowest BCUT2D eigenvalue weighted by atomic mass is 10.2. The average molecular weight is 222 g/mol. The molecule has 0 atom stereocenters. The highest BCUT2D eigenvalue weighted by molar-refractivity contribution is 8.68. The molecule has 0 bridgehead atoms. The van der Waals surface area contributed by atoms with Crippen molar-refractivity contribution in [2.24, 2.45) is 0 Å². The van der Waals surface area contributed by atoms with Gasteiger partial charge in [0.25, 0.3) is 0 Å². The summed E-state index contributed by atoms with van der Waals surface area (Å²) >= 11 is 3.96. The Morgan fingerprint density at radius 1 is 1.46 bits per heavy atom. The second-order valence-electron chi connectivity index (χ2n) is 2.37. The van der Waals surface area contributed by atoms with Crippen LogP contribution >= 0.6 is 22.5 Å². The van der Waals surface area contributed by atoms with Crippen LogP contribution in [0, 0.1) is 6.92 Å². The number of hydrogen-bond donors (Lipinski definition) is 1. The molecular weight excluding hydrogens is 214 g/mol. The number of hydrogen-bond acceptors (Lipinski definition) is 3. The van der Waals surface area contributed by atoms with Crippen LogP contribution in [-0.2, 0) is 0 Å². The first-order valence-corrected chi connectivity index (χ1v) is 5.38. The molecular formula is C8H8F2OS2. The first kappa shape index (κ1) is 10.7. The molecule has 5 heteroatoms. The highest BCUT2D eigenvalue weighted by Crippen LogP contribution is 2.35. The Morgan fingerprint density at radius 2 is 2.15 bits per heavy atom. The van der Waals surface area contributed by atoms with Gasteiger partial charge in [0, 0.05) is 0 Å². The van der Waals surface area contributed by atoms with Crippen molar-refractivity contribution < 1.29 is 13.5 Å². The van der Waals surface area contributed by atoms with Crippen molar-refractivity contribution >= 4 is 22.5 Å². The van der Waals surface area contributed by atoms with E-state index in [0.717, 1.165) is 16.4 Å². The molecule has 0 aliphatic heterocycles. The number of rotatable bonds is 3. The van der Waals surface area contributed by atoms with Crippen molar-refractivity contribution in [2.75, 3.05) is 0 Å². The summed E-state index contributed by atoms with van der Waals surface area (Å²) in [6, 6.07) is 4.98. The number of halogens is 2. The monoisotopic (exact) mass is 222 g/mol. The summed E-state index contributed by atoms with van der Waals surface area (Å²) in [5, 5.41) is 0. The number of thiol groups is 1. The lowest BCUT2D eigenvalue weighted by Crippen LogP contribution is -2.03. The van der Waals surface area contributed by atoms with Gasteiger partial charge in [0.15, 0.2) is 0 Å². The normalized spacial score (nSPS) is 10.5. The molecule has 0 fully saturated rings. The average Bonchev–Trinajstić information content (AvgIpc) is 2.03. The number of benzene rings is 1. The van der Waals surface area contributed by atoms with Crippen LogP contribution in [0.1, 0.15) is 5.56 Å². The largest absolute Gasteiger partial charge is 0.434 e. The molecule has 0 saturated carbocycles. The van der Waals surface area contributed by atoms with Gasteiger partial charge in [-0.15, -0.1) is 11.7 Å². The van der Waals surface area contributed by atoms with Crippen LogP contribution in [0.25, 0.3) is 0 Å². The molecule has 0 aliphatic carbocycles. The van der Waals surface area contributed by atoms with E-state index in [0.29, 0.717) is 4.90 Å². The maximum atomic E-state index is 11.9. The minimum absolute atomic E-state index is 0.176. The lowest BCUT2D eigenvalue weighted by molar-refractivity contribution is -0.0516. The quantitative estimate of drug-likeness (QED) is 0.619. The Kier molecular flexibility index (Phi) is 3.87. The SMILES string of the molecule is Cc1cccc(OC(F)F)c1SS. The molecule has 1 nitrogen and oxygen atoms in total. The second kappa shape index (κ2) is 4.72. The van der Waals surface area contributed by atoms with E-state index in [1.807, 2.05) is 13.0 Å². The molecule has 0 spiro atoms. The molecule has 1 aromatic carbocycles. The summed E-state index contributed by atoms with van der Waals surface area (Å²) in [6.07, 6.45) is 0. The highest BCUT2D eigenvalue weighted by atomic mass is 33.1.